The Labute approximate surface area is 134 Å². The zero-order valence-corrected chi connectivity index (χ0v) is 13.1. The zero-order chi connectivity index (χ0) is 15.8. The van der Waals surface area contributed by atoms with Crippen molar-refractivity contribution < 1.29 is 4.74 Å². The Morgan fingerprint density at radius 1 is 1.22 bits per heavy atom. The highest BCUT2D eigenvalue weighted by molar-refractivity contribution is 5.65. The number of rotatable bonds is 3. The Morgan fingerprint density at radius 2 is 2.00 bits per heavy atom. The summed E-state index contributed by atoms with van der Waals surface area (Å²) in [6.45, 7) is 2.61. The van der Waals surface area contributed by atoms with Gasteiger partial charge in [0, 0.05) is 23.0 Å². The molecule has 1 aliphatic rings. The van der Waals surface area contributed by atoms with Gasteiger partial charge in [0.25, 0.3) is 0 Å². The molecule has 0 spiro atoms. The molecule has 3 aromatic rings. The fraction of sp³-hybridized carbons (Fsp3) is 0.333. The topological polar surface area (TPSA) is 59.4 Å². The molecule has 23 heavy (non-hydrogen) atoms. The maximum atomic E-state index is 12.3. The number of aryl methyl sites for hydroxylation is 2. The third-order valence-electron chi connectivity index (χ3n) is 4.38. The molecule has 0 atom stereocenters. The predicted molar refractivity (Wildman–Crippen MR) is 89.1 cm³/mol. The molecule has 0 unspecified atom stereocenters. The highest BCUT2D eigenvalue weighted by Gasteiger charge is 2.17. The van der Waals surface area contributed by atoms with Crippen LogP contribution in [0.3, 0.4) is 0 Å². The normalized spacial score (nSPS) is 14.0. The SMILES string of the molecule is CCOc1ccc(-c2cn3c(=O)[nH]c4c(c3n2)CCCC4)cc1. The van der Waals surface area contributed by atoms with E-state index in [0.29, 0.717) is 6.61 Å². The Kier molecular flexibility index (Phi) is 3.41. The quantitative estimate of drug-likeness (QED) is 0.809. The molecular weight excluding hydrogens is 290 g/mol. The summed E-state index contributed by atoms with van der Waals surface area (Å²) in [4.78, 5) is 20.0. The lowest BCUT2D eigenvalue weighted by Gasteiger charge is -2.15. The van der Waals surface area contributed by atoms with Crippen LogP contribution in [0.1, 0.15) is 31.0 Å². The number of aromatic nitrogens is 3. The van der Waals surface area contributed by atoms with Crippen LogP contribution in [0.5, 0.6) is 5.75 Å². The van der Waals surface area contributed by atoms with Gasteiger partial charge in [-0.05, 0) is 56.9 Å². The first-order valence-electron chi connectivity index (χ1n) is 8.12. The number of aromatic amines is 1. The van der Waals surface area contributed by atoms with Crippen LogP contribution in [0.15, 0.2) is 35.3 Å². The van der Waals surface area contributed by atoms with E-state index in [9.17, 15) is 4.79 Å². The van der Waals surface area contributed by atoms with Crippen LogP contribution >= 0.6 is 0 Å². The molecule has 118 valence electrons. The Hall–Kier alpha value is -2.56. The number of nitrogens with one attached hydrogen (secondary N) is 1. The van der Waals surface area contributed by atoms with Crippen LogP contribution in [0.2, 0.25) is 0 Å². The van der Waals surface area contributed by atoms with Crippen molar-refractivity contribution in [1.29, 1.82) is 0 Å². The summed E-state index contributed by atoms with van der Waals surface area (Å²) in [6, 6.07) is 7.83. The van der Waals surface area contributed by atoms with Gasteiger partial charge < -0.3 is 9.72 Å². The first-order chi connectivity index (χ1) is 11.3. The van der Waals surface area contributed by atoms with Gasteiger partial charge in [-0.3, -0.25) is 4.40 Å². The third-order valence-corrected chi connectivity index (χ3v) is 4.38. The van der Waals surface area contributed by atoms with Gasteiger partial charge in [0.15, 0.2) is 0 Å². The van der Waals surface area contributed by atoms with E-state index in [2.05, 4.69) is 4.98 Å². The lowest BCUT2D eigenvalue weighted by molar-refractivity contribution is 0.340. The van der Waals surface area contributed by atoms with Crippen molar-refractivity contribution >= 4 is 5.65 Å². The number of benzene rings is 1. The second kappa shape index (κ2) is 5.57. The second-order valence-electron chi connectivity index (χ2n) is 5.87. The molecule has 0 saturated heterocycles. The smallest absolute Gasteiger partial charge is 0.331 e. The molecule has 0 radical (unpaired) electrons. The minimum atomic E-state index is -0.106. The van der Waals surface area contributed by atoms with Crippen LogP contribution in [0.4, 0.5) is 0 Å². The van der Waals surface area contributed by atoms with Crippen molar-refractivity contribution in [3.63, 3.8) is 0 Å². The summed E-state index contributed by atoms with van der Waals surface area (Å²) in [6.07, 6.45) is 6.02. The summed E-state index contributed by atoms with van der Waals surface area (Å²) < 4.78 is 7.10. The minimum Gasteiger partial charge on any atom is -0.494 e. The number of hydrogen-bond acceptors (Lipinski definition) is 3. The van der Waals surface area contributed by atoms with Gasteiger partial charge in [0.05, 0.1) is 12.3 Å². The van der Waals surface area contributed by atoms with Gasteiger partial charge >= 0.3 is 5.69 Å². The van der Waals surface area contributed by atoms with E-state index in [-0.39, 0.29) is 5.69 Å². The molecule has 0 fully saturated rings. The maximum absolute atomic E-state index is 12.3. The fourth-order valence-corrected chi connectivity index (χ4v) is 3.25. The molecule has 0 bridgehead atoms. The maximum Gasteiger partial charge on any atom is 0.331 e. The number of imidazole rings is 1. The summed E-state index contributed by atoms with van der Waals surface area (Å²) in [7, 11) is 0. The molecular formula is C18H19N3O2. The van der Waals surface area contributed by atoms with Crippen LogP contribution in [0.25, 0.3) is 16.9 Å². The van der Waals surface area contributed by atoms with Gasteiger partial charge in [-0.25, -0.2) is 9.78 Å². The van der Waals surface area contributed by atoms with Crippen molar-refractivity contribution in [1.82, 2.24) is 14.4 Å². The van der Waals surface area contributed by atoms with Crippen LogP contribution in [-0.2, 0) is 12.8 Å². The summed E-state index contributed by atoms with van der Waals surface area (Å²) >= 11 is 0. The van der Waals surface area contributed by atoms with Crippen LogP contribution in [-0.4, -0.2) is 21.0 Å². The molecule has 1 aliphatic carbocycles. The van der Waals surface area contributed by atoms with E-state index >= 15 is 0 Å². The zero-order valence-electron chi connectivity index (χ0n) is 13.1. The number of fused-ring (bicyclic) bond motifs is 3. The Balaban J connectivity index is 1.82. The number of ether oxygens (including phenoxy) is 1. The lowest BCUT2D eigenvalue weighted by Crippen LogP contribution is -2.21. The molecule has 0 amide bonds. The average molecular weight is 309 g/mol. The Morgan fingerprint density at radius 3 is 2.78 bits per heavy atom. The molecule has 5 nitrogen and oxygen atoms in total. The third kappa shape index (κ3) is 2.42. The average Bonchev–Trinajstić information content (AvgIpc) is 3.02. The first kappa shape index (κ1) is 14.1. The van der Waals surface area contributed by atoms with Gasteiger partial charge in [-0.1, -0.05) is 0 Å². The number of nitrogens with zero attached hydrogens (tertiary/aromatic N) is 2. The van der Waals surface area contributed by atoms with Crippen molar-refractivity contribution in [2.24, 2.45) is 0 Å². The van der Waals surface area contributed by atoms with E-state index in [0.717, 1.165) is 54.0 Å². The predicted octanol–water partition coefficient (Wildman–Crippen LogP) is 2.97. The molecule has 1 N–H and O–H groups in total. The molecule has 0 aliphatic heterocycles. The molecule has 5 heteroatoms. The lowest BCUT2D eigenvalue weighted by atomic mass is 9.97. The van der Waals surface area contributed by atoms with Gasteiger partial charge in [0.2, 0.25) is 0 Å². The Bertz CT molecular complexity index is 906. The first-order valence-corrected chi connectivity index (χ1v) is 8.12. The van der Waals surface area contributed by atoms with Crippen LogP contribution < -0.4 is 10.4 Å². The summed E-state index contributed by atoms with van der Waals surface area (Å²) in [5.74, 6) is 0.843. The van der Waals surface area contributed by atoms with Crippen molar-refractivity contribution in [2.45, 2.75) is 32.6 Å². The van der Waals surface area contributed by atoms with Crippen molar-refractivity contribution in [3.05, 3.63) is 52.2 Å². The molecule has 2 heterocycles. The standard InChI is InChI=1S/C18H19N3O2/c1-2-23-13-9-7-12(8-10-13)16-11-21-17(19-16)14-5-3-4-6-15(14)20-18(21)22/h7-11H,2-6H2,1H3,(H,20,22). The number of hydrogen-bond donors (Lipinski definition) is 1. The molecule has 0 saturated carbocycles. The van der Waals surface area contributed by atoms with Gasteiger partial charge in [0.1, 0.15) is 11.4 Å². The fourth-order valence-electron chi connectivity index (χ4n) is 3.25. The molecule has 1 aromatic carbocycles. The van der Waals surface area contributed by atoms with E-state index in [4.69, 9.17) is 9.72 Å². The van der Waals surface area contributed by atoms with E-state index < -0.39 is 0 Å². The molecule has 4 rings (SSSR count). The monoisotopic (exact) mass is 309 g/mol. The van der Waals surface area contributed by atoms with Gasteiger partial charge in [-0.2, -0.15) is 0 Å². The second-order valence-corrected chi connectivity index (χ2v) is 5.87. The van der Waals surface area contributed by atoms with E-state index in [1.54, 1.807) is 4.40 Å². The van der Waals surface area contributed by atoms with Crippen molar-refractivity contribution in [2.75, 3.05) is 6.61 Å². The van der Waals surface area contributed by atoms with Crippen LogP contribution in [0, 0.1) is 0 Å². The minimum absolute atomic E-state index is 0.106. The van der Waals surface area contributed by atoms with E-state index in [1.807, 2.05) is 37.4 Å². The highest BCUT2D eigenvalue weighted by Crippen LogP contribution is 2.26. The summed E-state index contributed by atoms with van der Waals surface area (Å²) in [5, 5.41) is 0. The number of H-pyrrole nitrogens is 1. The summed E-state index contributed by atoms with van der Waals surface area (Å²) in [5.41, 5.74) is 4.74. The van der Waals surface area contributed by atoms with Crippen molar-refractivity contribution in [3.8, 4) is 17.0 Å². The highest BCUT2D eigenvalue weighted by atomic mass is 16.5. The molecule has 2 aromatic heterocycles. The van der Waals surface area contributed by atoms with Gasteiger partial charge in [-0.15, -0.1) is 0 Å². The van der Waals surface area contributed by atoms with E-state index in [1.165, 1.54) is 5.56 Å². The largest absolute Gasteiger partial charge is 0.494 e.